The molecule has 0 spiro atoms. The molecule has 9 nitrogen and oxygen atoms in total. The van der Waals surface area contributed by atoms with Crippen LogP contribution in [0.2, 0.25) is 0 Å². The van der Waals surface area contributed by atoms with E-state index in [1.165, 1.54) is 0 Å². The van der Waals surface area contributed by atoms with Gasteiger partial charge in [-0.05, 0) is 12.8 Å². The van der Waals surface area contributed by atoms with Crippen molar-refractivity contribution < 1.29 is 14.6 Å². The van der Waals surface area contributed by atoms with E-state index in [0.29, 0.717) is 0 Å². The molecule has 1 amide bonds. The molecule has 2 rings (SSSR count). The Kier molecular flexibility index (Phi) is 3.65. The highest BCUT2D eigenvalue weighted by Crippen LogP contribution is 2.29. The molecule has 22 heavy (non-hydrogen) atoms. The number of amidine groups is 1. The van der Waals surface area contributed by atoms with Crippen LogP contribution in [0.5, 0.6) is 0 Å². The second-order valence-corrected chi connectivity index (χ2v) is 5.47. The Hall–Kier alpha value is -2.84. The lowest BCUT2D eigenvalue weighted by Crippen LogP contribution is -2.41. The third-order valence-electron chi connectivity index (χ3n) is 3.76. The first-order chi connectivity index (χ1) is 10.1. The molecular weight excluding hydrogens is 292 g/mol. The van der Waals surface area contributed by atoms with Crippen LogP contribution >= 0.6 is 0 Å². The molecule has 0 saturated carbocycles. The van der Waals surface area contributed by atoms with Crippen molar-refractivity contribution in [1.29, 1.82) is 0 Å². The van der Waals surface area contributed by atoms with Gasteiger partial charge in [-0.25, -0.2) is 0 Å². The number of nitrogens with one attached hydrogen (secondary N) is 1. The third kappa shape index (κ3) is 2.52. The molecule has 1 heterocycles. The van der Waals surface area contributed by atoms with Gasteiger partial charge in [0.05, 0.1) is 15.9 Å². The Morgan fingerprint density at radius 2 is 1.64 bits per heavy atom. The Balaban J connectivity index is 2.56. The molecule has 0 saturated heterocycles. The summed E-state index contributed by atoms with van der Waals surface area (Å²) >= 11 is 0. The lowest BCUT2D eigenvalue weighted by atomic mass is 9.89. The quantitative estimate of drug-likeness (QED) is 0.670. The van der Waals surface area contributed by atoms with Crippen LogP contribution in [0.3, 0.4) is 0 Å². The summed E-state index contributed by atoms with van der Waals surface area (Å²) in [6.07, 6.45) is 0. The fraction of sp³-hybridized carbons (Fsp3) is 0.385. The number of benzene rings is 1. The summed E-state index contributed by atoms with van der Waals surface area (Å²) in [6, 6.07) is 3.17. The summed E-state index contributed by atoms with van der Waals surface area (Å²) in [6.45, 7) is 5.29. The summed E-state index contributed by atoms with van der Waals surface area (Å²) < 4.78 is 0. The number of rotatable bonds is 4. The molecule has 116 valence electrons. The first-order valence-corrected chi connectivity index (χ1v) is 6.50. The van der Waals surface area contributed by atoms with Gasteiger partial charge in [0.2, 0.25) is 0 Å². The first-order valence-electron chi connectivity index (χ1n) is 6.50. The number of hydrogen-bond acceptors (Lipinski definition) is 6. The number of carbonyl (C=O) groups is 1. The molecule has 1 aliphatic heterocycles. The van der Waals surface area contributed by atoms with Crippen molar-refractivity contribution in [2.45, 2.75) is 26.3 Å². The van der Waals surface area contributed by atoms with Crippen LogP contribution in [0.15, 0.2) is 23.2 Å². The Morgan fingerprint density at radius 1 is 1.14 bits per heavy atom. The number of amides is 1. The minimum atomic E-state index is -1.01. The number of nitrogens with zero attached hydrogens (tertiary/aromatic N) is 3. The molecule has 1 aromatic rings. The number of nitro groups is 2. The van der Waals surface area contributed by atoms with Gasteiger partial charge in [0.1, 0.15) is 11.4 Å². The van der Waals surface area contributed by atoms with E-state index >= 15 is 0 Å². The highest BCUT2D eigenvalue weighted by molar-refractivity contribution is 6.15. The molecule has 1 aromatic carbocycles. The minimum Gasteiger partial charge on any atom is -0.308 e. The van der Waals surface area contributed by atoms with Gasteiger partial charge >= 0.3 is 0 Å². The van der Waals surface area contributed by atoms with Crippen LogP contribution in [-0.4, -0.2) is 27.1 Å². The molecule has 1 N–H and O–H groups in total. The van der Waals surface area contributed by atoms with Gasteiger partial charge in [-0.3, -0.25) is 30.0 Å². The largest absolute Gasteiger partial charge is 0.308 e. The third-order valence-corrected chi connectivity index (χ3v) is 3.76. The molecule has 0 aliphatic carbocycles. The average molecular weight is 306 g/mol. The van der Waals surface area contributed by atoms with Gasteiger partial charge in [-0.2, -0.15) is 0 Å². The van der Waals surface area contributed by atoms with E-state index < -0.39 is 26.8 Å². The lowest BCUT2D eigenvalue weighted by Gasteiger charge is -2.21. The Labute approximate surface area is 125 Å². The molecule has 0 bridgehead atoms. The van der Waals surface area contributed by atoms with Crippen molar-refractivity contribution >= 4 is 23.1 Å². The monoisotopic (exact) mass is 306 g/mol. The van der Waals surface area contributed by atoms with Gasteiger partial charge in [-0.1, -0.05) is 13.8 Å². The highest BCUT2D eigenvalue weighted by Gasteiger charge is 2.42. The average Bonchev–Trinajstić information content (AvgIpc) is 2.75. The standard InChI is InChI=1S/C13H14N4O5/c1-7(2)13(3)12(18)14-11(15-13)8-4-9(16(19)20)6-10(5-8)17(21)22/h4-7H,1-3H3,(H,14,15,18). The van der Waals surface area contributed by atoms with Crippen molar-refractivity contribution in [3.05, 3.63) is 44.0 Å². The van der Waals surface area contributed by atoms with Crippen molar-refractivity contribution in [3.63, 3.8) is 0 Å². The molecule has 0 aromatic heterocycles. The number of carbonyl (C=O) groups excluding carboxylic acids is 1. The second-order valence-electron chi connectivity index (χ2n) is 5.47. The van der Waals surface area contributed by atoms with Crippen molar-refractivity contribution in [1.82, 2.24) is 5.32 Å². The van der Waals surface area contributed by atoms with E-state index in [2.05, 4.69) is 10.3 Å². The van der Waals surface area contributed by atoms with Gasteiger partial charge in [-0.15, -0.1) is 0 Å². The van der Waals surface area contributed by atoms with E-state index in [1.807, 2.05) is 13.8 Å². The molecular formula is C13H14N4O5. The SMILES string of the molecule is CC(C)C1(C)N=C(c2cc([N+](=O)[O-])cc([N+](=O)[O-])c2)NC1=O. The van der Waals surface area contributed by atoms with Crippen LogP contribution in [0.25, 0.3) is 0 Å². The van der Waals surface area contributed by atoms with E-state index in [-0.39, 0.29) is 23.2 Å². The van der Waals surface area contributed by atoms with Crippen molar-refractivity contribution in [2.24, 2.45) is 10.9 Å². The van der Waals surface area contributed by atoms with Crippen molar-refractivity contribution in [2.75, 3.05) is 0 Å². The summed E-state index contributed by atoms with van der Waals surface area (Å²) in [5.41, 5.74) is -1.73. The van der Waals surface area contributed by atoms with Gasteiger partial charge in [0.15, 0.2) is 0 Å². The van der Waals surface area contributed by atoms with Crippen LogP contribution in [0, 0.1) is 26.1 Å². The first kappa shape index (κ1) is 15.5. The maximum Gasteiger partial charge on any atom is 0.277 e. The zero-order valence-corrected chi connectivity index (χ0v) is 12.2. The van der Waals surface area contributed by atoms with Crippen LogP contribution in [-0.2, 0) is 4.79 Å². The van der Waals surface area contributed by atoms with E-state index in [0.717, 1.165) is 18.2 Å². The minimum absolute atomic E-state index is 0.0984. The summed E-state index contributed by atoms with van der Waals surface area (Å²) in [4.78, 5) is 36.7. The number of aliphatic imine (C=N–C) groups is 1. The topological polar surface area (TPSA) is 128 Å². The maximum atomic E-state index is 12.1. The zero-order chi connectivity index (χ0) is 16.7. The number of hydrogen-bond donors (Lipinski definition) is 1. The van der Waals surface area contributed by atoms with Gasteiger partial charge in [0, 0.05) is 17.7 Å². The van der Waals surface area contributed by atoms with E-state index in [9.17, 15) is 25.0 Å². The molecule has 9 heteroatoms. The normalized spacial score (nSPS) is 20.7. The Bertz CT molecular complexity index is 680. The fourth-order valence-corrected chi connectivity index (χ4v) is 2.02. The zero-order valence-electron chi connectivity index (χ0n) is 12.2. The van der Waals surface area contributed by atoms with E-state index in [1.54, 1.807) is 6.92 Å². The predicted molar refractivity (Wildman–Crippen MR) is 77.7 cm³/mol. The van der Waals surface area contributed by atoms with E-state index in [4.69, 9.17) is 0 Å². The van der Waals surface area contributed by atoms with Crippen molar-refractivity contribution in [3.8, 4) is 0 Å². The van der Waals surface area contributed by atoms with Crippen LogP contribution in [0.4, 0.5) is 11.4 Å². The molecule has 0 radical (unpaired) electrons. The molecule has 1 aliphatic rings. The van der Waals surface area contributed by atoms with Gasteiger partial charge in [0.25, 0.3) is 17.3 Å². The summed E-state index contributed by atoms with van der Waals surface area (Å²) in [7, 11) is 0. The molecule has 0 fully saturated rings. The van der Waals surface area contributed by atoms with Crippen LogP contribution < -0.4 is 5.32 Å². The summed E-state index contributed by atoms with van der Waals surface area (Å²) in [5.74, 6) is -0.335. The maximum absolute atomic E-state index is 12.1. The molecule has 1 atom stereocenters. The number of non-ortho nitro benzene ring substituents is 2. The Morgan fingerprint density at radius 3 is 2.00 bits per heavy atom. The predicted octanol–water partition coefficient (Wildman–Crippen LogP) is 1.79. The smallest absolute Gasteiger partial charge is 0.277 e. The highest BCUT2D eigenvalue weighted by atomic mass is 16.6. The fourth-order valence-electron chi connectivity index (χ4n) is 2.02. The number of nitro benzene ring substituents is 2. The van der Waals surface area contributed by atoms with Crippen LogP contribution in [0.1, 0.15) is 26.3 Å². The second kappa shape index (κ2) is 5.17. The molecule has 1 unspecified atom stereocenters. The van der Waals surface area contributed by atoms with Gasteiger partial charge < -0.3 is 5.32 Å². The summed E-state index contributed by atoms with van der Waals surface area (Å²) in [5, 5.41) is 24.3. The lowest BCUT2D eigenvalue weighted by molar-refractivity contribution is -0.394.